The van der Waals surface area contributed by atoms with Gasteiger partial charge in [0.1, 0.15) is 21.3 Å². The van der Waals surface area contributed by atoms with Crippen molar-refractivity contribution in [3.05, 3.63) is 107 Å². The molecule has 52 heavy (non-hydrogen) atoms. The van der Waals surface area contributed by atoms with Crippen molar-refractivity contribution < 1.29 is 19.1 Å². The second-order valence-corrected chi connectivity index (χ2v) is 16.4. The van der Waals surface area contributed by atoms with Gasteiger partial charge in [0.2, 0.25) is 10.6 Å². The Kier molecular flexibility index (Phi) is 18.0. The number of hydrogen-bond acceptors (Lipinski definition) is 10. The Morgan fingerprint density at radius 3 is 1.65 bits per heavy atom. The largest absolute Gasteiger partial charge is 0.444 e. The van der Waals surface area contributed by atoms with Crippen molar-refractivity contribution in [3.63, 3.8) is 0 Å². The third kappa shape index (κ3) is 17.8. The first-order chi connectivity index (χ1) is 24.7. The van der Waals surface area contributed by atoms with E-state index >= 15 is 0 Å². The summed E-state index contributed by atoms with van der Waals surface area (Å²) in [5, 5.41) is 7.53. The van der Waals surface area contributed by atoms with Crippen molar-refractivity contribution in [2.45, 2.75) is 87.5 Å². The molecule has 1 fully saturated rings. The maximum Gasteiger partial charge on any atom is 0.407 e. The molecular weight excluding hydrogens is 739 g/mol. The number of alkyl carbamates (subject to hydrolysis) is 2. The van der Waals surface area contributed by atoms with Crippen molar-refractivity contribution in [1.29, 1.82) is 0 Å². The van der Waals surface area contributed by atoms with E-state index in [1.165, 1.54) is 23.7 Å². The van der Waals surface area contributed by atoms with Gasteiger partial charge >= 0.3 is 12.2 Å². The summed E-state index contributed by atoms with van der Waals surface area (Å²) in [5.41, 5.74) is 1.38. The Bertz CT molecular complexity index is 1630. The molecule has 1 aliphatic rings. The molecule has 4 aromatic rings. The summed E-state index contributed by atoms with van der Waals surface area (Å²) in [7, 11) is 0. The summed E-state index contributed by atoms with van der Waals surface area (Å²) in [5.74, 6) is 2.23. The van der Waals surface area contributed by atoms with Gasteiger partial charge in [-0.15, -0.1) is 23.5 Å². The zero-order chi connectivity index (χ0) is 38.0. The highest BCUT2D eigenvalue weighted by Gasteiger charge is 2.34. The predicted octanol–water partition coefficient (Wildman–Crippen LogP) is 9.84. The molecule has 2 heterocycles. The van der Waals surface area contributed by atoms with E-state index in [4.69, 9.17) is 32.7 Å². The lowest BCUT2D eigenvalue weighted by Gasteiger charge is -2.36. The van der Waals surface area contributed by atoms with Crippen LogP contribution >= 0.6 is 46.7 Å². The van der Waals surface area contributed by atoms with E-state index in [1.54, 1.807) is 24.0 Å². The summed E-state index contributed by atoms with van der Waals surface area (Å²) in [6.07, 6.45) is 3.05. The number of aromatic nitrogens is 4. The number of nitrogens with one attached hydrogen (secondary N) is 2. The van der Waals surface area contributed by atoms with Gasteiger partial charge in [-0.25, -0.2) is 29.5 Å². The number of thioether (sulfide) groups is 2. The number of rotatable bonds is 10. The smallest absolute Gasteiger partial charge is 0.407 e. The van der Waals surface area contributed by atoms with Crippen LogP contribution in [0.1, 0.15) is 77.5 Å². The number of halogens is 2. The maximum atomic E-state index is 11.7. The summed E-state index contributed by atoms with van der Waals surface area (Å²) >= 11 is 14.9. The van der Waals surface area contributed by atoms with E-state index in [0.717, 1.165) is 22.2 Å². The van der Waals surface area contributed by atoms with Crippen LogP contribution in [0.5, 0.6) is 0 Å². The van der Waals surface area contributed by atoms with Crippen LogP contribution in [0.25, 0.3) is 0 Å². The molecule has 1 aliphatic carbocycles. The lowest BCUT2D eigenvalue weighted by molar-refractivity contribution is 0.0519. The van der Waals surface area contributed by atoms with Crippen LogP contribution in [-0.2, 0) is 9.47 Å². The Hall–Kier alpha value is -3.58. The standard InChI is InChI=1S/C21H26ClN3O2S.C11H16ClN3O2S.C6H6/c1-21(2,3)27-20(26)23-11-12-28-18-13-17(24-19(22)25-18)16-10-9-15(16)14-7-5-4-6-8-14;1-11(2,3)17-10(16)14-6-7-18-8-4-5-13-9(12)15-8;1-2-4-6-5-3-1/h4-8,13,15-16H,9-12H2,1-3H3,(H,23,26);4-5H,6-7H2,1-3H3,(H,14,16);1-6H. The number of carbonyl (C=O) groups excluding carboxylic acids is 2. The van der Waals surface area contributed by atoms with Gasteiger partial charge in [-0.1, -0.05) is 66.7 Å². The molecule has 280 valence electrons. The normalized spacial score (nSPS) is 15.0. The van der Waals surface area contributed by atoms with Crippen molar-refractivity contribution >= 4 is 58.9 Å². The number of benzene rings is 2. The van der Waals surface area contributed by atoms with Crippen LogP contribution in [-0.4, -0.2) is 67.9 Å². The molecule has 0 aliphatic heterocycles. The van der Waals surface area contributed by atoms with Crippen LogP contribution in [0.15, 0.2) is 95.1 Å². The van der Waals surface area contributed by atoms with Crippen LogP contribution < -0.4 is 10.6 Å². The van der Waals surface area contributed by atoms with E-state index in [9.17, 15) is 9.59 Å². The highest BCUT2D eigenvalue weighted by molar-refractivity contribution is 7.99. The van der Waals surface area contributed by atoms with Crippen molar-refractivity contribution in [2.75, 3.05) is 24.6 Å². The first-order valence-electron chi connectivity index (χ1n) is 17.0. The molecule has 0 bridgehead atoms. The minimum Gasteiger partial charge on any atom is -0.444 e. The Morgan fingerprint density at radius 1 is 0.692 bits per heavy atom. The van der Waals surface area contributed by atoms with Gasteiger partial charge in [0, 0.05) is 36.7 Å². The molecule has 2 aromatic carbocycles. The fourth-order valence-corrected chi connectivity index (χ4v) is 6.59. The molecule has 10 nitrogen and oxygen atoms in total. The van der Waals surface area contributed by atoms with Gasteiger partial charge in [-0.3, -0.25) is 0 Å². The van der Waals surface area contributed by atoms with Gasteiger partial charge in [0.25, 0.3) is 0 Å². The average molecular weight is 788 g/mol. The summed E-state index contributed by atoms with van der Waals surface area (Å²) < 4.78 is 10.3. The molecule has 5 rings (SSSR count). The molecule has 0 saturated heterocycles. The van der Waals surface area contributed by atoms with Gasteiger partial charge in [0.05, 0.1) is 5.69 Å². The quantitative estimate of drug-likeness (QED) is 0.0694. The third-order valence-corrected chi connectivity index (χ3v) is 9.08. The molecule has 2 N–H and O–H groups in total. The number of hydrogen-bond donors (Lipinski definition) is 2. The summed E-state index contributed by atoms with van der Waals surface area (Å²) in [6.45, 7) is 12.0. The van der Waals surface area contributed by atoms with Gasteiger partial charge in [0.15, 0.2) is 0 Å². The monoisotopic (exact) mass is 786 g/mol. The fourth-order valence-electron chi connectivity index (χ4n) is 4.66. The average Bonchev–Trinajstić information content (AvgIpc) is 3.05. The molecule has 14 heteroatoms. The van der Waals surface area contributed by atoms with Crippen molar-refractivity contribution in [1.82, 2.24) is 30.6 Å². The van der Waals surface area contributed by atoms with E-state index in [-0.39, 0.29) is 10.6 Å². The molecular formula is C38H48Cl2N6O4S2. The maximum absolute atomic E-state index is 11.7. The molecule has 1 saturated carbocycles. The van der Waals surface area contributed by atoms with E-state index in [0.29, 0.717) is 36.4 Å². The molecule has 2 aromatic heterocycles. The number of ether oxygens (including phenoxy) is 2. The van der Waals surface area contributed by atoms with Gasteiger partial charge in [-0.2, -0.15) is 0 Å². The van der Waals surface area contributed by atoms with E-state index in [1.807, 2.05) is 90.1 Å². The minimum absolute atomic E-state index is 0.222. The summed E-state index contributed by atoms with van der Waals surface area (Å²) in [6, 6.07) is 26.4. The van der Waals surface area contributed by atoms with Crippen molar-refractivity contribution in [2.24, 2.45) is 0 Å². The first-order valence-corrected chi connectivity index (χ1v) is 19.7. The van der Waals surface area contributed by atoms with E-state index in [2.05, 4.69) is 54.8 Å². The Morgan fingerprint density at radius 2 is 1.17 bits per heavy atom. The van der Waals surface area contributed by atoms with Crippen LogP contribution in [0.4, 0.5) is 9.59 Å². The first kappa shape index (κ1) is 42.8. The highest BCUT2D eigenvalue weighted by atomic mass is 35.5. The second-order valence-electron chi connectivity index (χ2n) is 13.5. The minimum atomic E-state index is -0.496. The molecule has 2 atom stereocenters. The SMILES string of the molecule is CC(C)(C)OC(=O)NCCSc1cc(C2CCC2c2ccccc2)nc(Cl)n1.CC(C)(C)OC(=O)NCCSc1ccnc(Cl)n1.c1ccccc1. The zero-order valence-electron chi connectivity index (χ0n) is 30.5. The number of carbonyl (C=O) groups is 2. The zero-order valence-corrected chi connectivity index (χ0v) is 33.6. The molecule has 2 amide bonds. The van der Waals surface area contributed by atoms with E-state index < -0.39 is 23.4 Å². The Balaban J connectivity index is 0.000000258. The molecule has 0 spiro atoms. The number of nitrogens with zero attached hydrogens (tertiary/aromatic N) is 4. The van der Waals surface area contributed by atoms with Gasteiger partial charge < -0.3 is 20.1 Å². The summed E-state index contributed by atoms with van der Waals surface area (Å²) in [4.78, 5) is 39.6. The Labute approximate surface area is 326 Å². The fraction of sp³-hybridized carbons (Fsp3) is 0.421. The number of amides is 2. The van der Waals surface area contributed by atoms with Crippen LogP contribution in [0.3, 0.4) is 0 Å². The van der Waals surface area contributed by atoms with Crippen molar-refractivity contribution in [3.8, 4) is 0 Å². The topological polar surface area (TPSA) is 128 Å². The lowest BCUT2D eigenvalue weighted by Crippen LogP contribution is -2.33. The predicted molar refractivity (Wildman–Crippen MR) is 212 cm³/mol. The molecule has 2 unspecified atom stereocenters. The second kappa shape index (κ2) is 21.8. The van der Waals surface area contributed by atoms with Crippen LogP contribution in [0, 0.1) is 0 Å². The molecule has 0 radical (unpaired) electrons. The lowest BCUT2D eigenvalue weighted by atomic mass is 9.68. The highest BCUT2D eigenvalue weighted by Crippen LogP contribution is 2.48. The van der Waals surface area contributed by atoms with Gasteiger partial charge in [-0.05, 0) is 101 Å². The third-order valence-electron chi connectivity index (χ3n) is 6.88. The van der Waals surface area contributed by atoms with Crippen LogP contribution in [0.2, 0.25) is 10.6 Å².